The Bertz CT molecular complexity index is 900. The summed E-state index contributed by atoms with van der Waals surface area (Å²) >= 11 is 0. The number of fused-ring (bicyclic) bond motifs is 3. The van der Waals surface area contributed by atoms with E-state index in [1.54, 1.807) is 70.1 Å². The van der Waals surface area contributed by atoms with E-state index in [1.807, 2.05) is 0 Å². The molecule has 0 aromatic carbocycles. The minimum atomic E-state index is 0.803. The molecule has 0 heteroatoms. The van der Waals surface area contributed by atoms with Crippen LogP contribution in [0.3, 0.4) is 0 Å². The van der Waals surface area contributed by atoms with Crippen LogP contribution in [0.15, 0.2) is 36.5 Å². The van der Waals surface area contributed by atoms with Gasteiger partial charge in [-0.1, -0.05) is 95.2 Å². The average Bonchev–Trinajstić information content (AvgIpc) is 3.31. The van der Waals surface area contributed by atoms with Crippen molar-refractivity contribution in [2.75, 3.05) is 0 Å². The largest absolute Gasteiger partial charge is 0.0731 e. The van der Waals surface area contributed by atoms with Gasteiger partial charge in [0.2, 0.25) is 0 Å². The van der Waals surface area contributed by atoms with Crippen LogP contribution in [0.25, 0.3) is 0 Å². The van der Waals surface area contributed by atoms with Gasteiger partial charge in [-0.2, -0.15) is 0 Å². The van der Waals surface area contributed by atoms with Gasteiger partial charge in [-0.3, -0.25) is 0 Å². The second kappa shape index (κ2) is 13.1. The molecule has 1 radical (unpaired) electrons. The van der Waals surface area contributed by atoms with Gasteiger partial charge in [0, 0.05) is 5.92 Å². The van der Waals surface area contributed by atoms with E-state index >= 15 is 0 Å². The highest BCUT2D eigenvalue weighted by atomic mass is 14.6. The van der Waals surface area contributed by atoms with Crippen molar-refractivity contribution in [2.45, 2.75) is 136 Å². The molecule has 7 aliphatic rings. The second-order valence-corrected chi connectivity index (χ2v) is 16.9. The molecule has 0 aliphatic heterocycles. The molecule has 0 aromatic rings. The molecule has 0 saturated heterocycles. The van der Waals surface area contributed by atoms with Crippen molar-refractivity contribution in [3.05, 3.63) is 42.4 Å². The summed E-state index contributed by atoms with van der Waals surface area (Å²) in [6.45, 7) is 5.22. The van der Waals surface area contributed by atoms with Crippen LogP contribution in [0, 0.1) is 82.9 Å². The Labute approximate surface area is 254 Å². The molecule has 6 saturated carbocycles. The molecule has 4 unspecified atom stereocenters. The maximum Gasteiger partial charge on any atom is 0.0224 e. The lowest BCUT2D eigenvalue weighted by Gasteiger charge is -2.61. The molecule has 0 aromatic heterocycles. The minimum Gasteiger partial charge on any atom is -0.0731 e. The Morgan fingerprint density at radius 3 is 1.41 bits per heavy atom. The topological polar surface area (TPSA) is 0 Å². The minimum absolute atomic E-state index is 0.803. The van der Waals surface area contributed by atoms with Crippen molar-refractivity contribution in [3.63, 3.8) is 0 Å². The van der Waals surface area contributed by atoms with Gasteiger partial charge < -0.3 is 0 Å². The second-order valence-electron chi connectivity index (χ2n) is 16.9. The van der Waals surface area contributed by atoms with E-state index in [9.17, 15) is 0 Å². The molecule has 0 spiro atoms. The van der Waals surface area contributed by atoms with Crippen LogP contribution in [0.4, 0.5) is 0 Å². The van der Waals surface area contributed by atoms with E-state index in [4.69, 9.17) is 0 Å². The standard InChI is InChI=1S/C41H63/c1-28-14-24-36-38(26-28)39-27-29(2)15-25-37(39)41(35-22-18-33(19-23-35)31-12-8-5-9-13-31)40(36)34-20-16-32(17-21-34)30-10-6-3-4-7-11-30/h3-4,6-7,10-11,28-29,31-41H,5,8-9,12-27H2,1-2H3/t28-,29?,32?,33?,34?,35?,36?,37-,38-,39?,40+,41?/m1/s1. The zero-order valence-electron chi connectivity index (χ0n) is 26.9. The summed E-state index contributed by atoms with van der Waals surface area (Å²) in [5.74, 6) is 15.0. The Morgan fingerprint density at radius 1 is 0.415 bits per heavy atom. The molecule has 7 aliphatic carbocycles. The quantitative estimate of drug-likeness (QED) is 0.323. The zero-order valence-corrected chi connectivity index (χ0v) is 26.9. The van der Waals surface area contributed by atoms with Gasteiger partial charge in [0.05, 0.1) is 0 Å². The van der Waals surface area contributed by atoms with Crippen molar-refractivity contribution in [2.24, 2.45) is 76.9 Å². The summed E-state index contributed by atoms with van der Waals surface area (Å²) in [6.07, 6.45) is 43.2. The fourth-order valence-electron chi connectivity index (χ4n) is 13.0. The SMILES string of the molecule is CC1CC[C@@H]2C(C1)[C@@H]1C[C@H](C)CCC1[C@H](C1CCC([C]3C=CC=CC=C3)CC1)C2C1CCC(C2CCCCC2)CC1. The molecule has 227 valence electrons. The first kappa shape index (κ1) is 29.0. The first-order valence-corrected chi connectivity index (χ1v) is 19.0. The Balaban J connectivity index is 1.12. The van der Waals surface area contributed by atoms with Crippen LogP contribution < -0.4 is 0 Å². The van der Waals surface area contributed by atoms with Gasteiger partial charge >= 0.3 is 0 Å². The summed E-state index contributed by atoms with van der Waals surface area (Å²) < 4.78 is 0. The maximum atomic E-state index is 2.61. The molecule has 41 heavy (non-hydrogen) atoms. The molecular formula is C41H63. The third-order valence-electron chi connectivity index (χ3n) is 14.8. The molecular weight excluding hydrogens is 492 g/mol. The Morgan fingerprint density at radius 2 is 0.878 bits per heavy atom. The van der Waals surface area contributed by atoms with Crippen LogP contribution in [-0.4, -0.2) is 0 Å². The fraction of sp³-hybridized carbons (Fsp3) is 0.829. The molecule has 7 rings (SSSR count). The van der Waals surface area contributed by atoms with E-state index in [0.29, 0.717) is 0 Å². The van der Waals surface area contributed by atoms with E-state index in [2.05, 4.69) is 50.3 Å². The van der Waals surface area contributed by atoms with Gasteiger partial charge in [-0.15, -0.1) is 0 Å². The van der Waals surface area contributed by atoms with Gasteiger partial charge in [-0.05, 0) is 154 Å². The molecule has 0 nitrogen and oxygen atoms in total. The van der Waals surface area contributed by atoms with Gasteiger partial charge in [0.25, 0.3) is 0 Å². The van der Waals surface area contributed by atoms with Crippen molar-refractivity contribution < 1.29 is 0 Å². The number of allylic oxidation sites excluding steroid dienone is 6. The first-order valence-electron chi connectivity index (χ1n) is 19.0. The summed E-state index contributed by atoms with van der Waals surface area (Å²) in [5, 5.41) is 0. The molecule has 8 atom stereocenters. The van der Waals surface area contributed by atoms with Crippen LogP contribution in [0.2, 0.25) is 0 Å². The number of hydrogen-bond acceptors (Lipinski definition) is 0. The third kappa shape index (κ3) is 6.12. The van der Waals surface area contributed by atoms with Gasteiger partial charge in [-0.25, -0.2) is 0 Å². The Kier molecular flexibility index (Phi) is 9.23. The highest BCUT2D eigenvalue weighted by molar-refractivity contribution is 5.33. The predicted molar refractivity (Wildman–Crippen MR) is 175 cm³/mol. The summed E-state index contributed by atoms with van der Waals surface area (Å²) in [7, 11) is 0. The lowest BCUT2D eigenvalue weighted by atomic mass is 9.43. The van der Waals surface area contributed by atoms with E-state index in [1.165, 1.54) is 57.8 Å². The Hall–Kier alpha value is -0.780. The molecule has 0 N–H and O–H groups in total. The summed E-state index contributed by atoms with van der Waals surface area (Å²) in [6, 6.07) is 0. The van der Waals surface area contributed by atoms with E-state index in [0.717, 1.165) is 76.9 Å². The van der Waals surface area contributed by atoms with Gasteiger partial charge in [0.1, 0.15) is 0 Å². The lowest BCUT2D eigenvalue weighted by molar-refractivity contribution is -0.127. The van der Waals surface area contributed by atoms with Crippen molar-refractivity contribution in [1.29, 1.82) is 0 Å². The molecule has 0 bridgehead atoms. The molecule has 6 fully saturated rings. The normalized spacial score (nSPS) is 47.9. The first-order chi connectivity index (χ1) is 20.2. The summed E-state index contributed by atoms with van der Waals surface area (Å²) in [4.78, 5) is 0. The number of rotatable bonds is 4. The van der Waals surface area contributed by atoms with Crippen LogP contribution in [-0.2, 0) is 0 Å². The fourth-order valence-corrected chi connectivity index (χ4v) is 13.0. The maximum absolute atomic E-state index is 2.61. The van der Waals surface area contributed by atoms with Crippen molar-refractivity contribution in [3.8, 4) is 0 Å². The van der Waals surface area contributed by atoms with Crippen molar-refractivity contribution in [1.82, 2.24) is 0 Å². The van der Waals surface area contributed by atoms with Crippen molar-refractivity contribution >= 4 is 0 Å². The highest BCUT2D eigenvalue weighted by Crippen LogP contribution is 2.63. The van der Waals surface area contributed by atoms with E-state index < -0.39 is 0 Å². The number of hydrogen-bond donors (Lipinski definition) is 0. The molecule has 0 amide bonds. The van der Waals surface area contributed by atoms with Crippen LogP contribution in [0.5, 0.6) is 0 Å². The van der Waals surface area contributed by atoms with Gasteiger partial charge in [0.15, 0.2) is 0 Å². The lowest BCUT2D eigenvalue weighted by Crippen LogP contribution is -2.55. The van der Waals surface area contributed by atoms with E-state index in [-0.39, 0.29) is 0 Å². The van der Waals surface area contributed by atoms with Crippen LogP contribution in [0.1, 0.15) is 136 Å². The predicted octanol–water partition coefficient (Wildman–Crippen LogP) is 11.8. The zero-order chi connectivity index (χ0) is 27.8. The summed E-state index contributed by atoms with van der Waals surface area (Å²) in [5.41, 5.74) is 0. The molecule has 0 heterocycles. The smallest absolute Gasteiger partial charge is 0.0224 e. The van der Waals surface area contributed by atoms with Crippen LogP contribution >= 0.6 is 0 Å². The highest BCUT2D eigenvalue weighted by Gasteiger charge is 2.56. The third-order valence-corrected chi connectivity index (χ3v) is 14.8. The monoisotopic (exact) mass is 555 g/mol. The average molecular weight is 556 g/mol.